The van der Waals surface area contributed by atoms with Crippen LogP contribution >= 0.6 is 0 Å². The molecule has 0 aliphatic rings. The van der Waals surface area contributed by atoms with E-state index in [1.165, 1.54) is 0 Å². The number of quaternary nitrogens is 1. The van der Waals surface area contributed by atoms with Crippen molar-refractivity contribution < 1.29 is 88.5 Å². The molecule has 0 heterocycles. The fourth-order valence-electron chi connectivity index (χ4n) is 0. The molecule has 0 aromatic heterocycles. The van der Waals surface area contributed by atoms with Gasteiger partial charge in [0.1, 0.15) is 0 Å². The molecule has 0 amide bonds. The summed E-state index contributed by atoms with van der Waals surface area (Å²) in [6, 6.07) is 0. The Hall–Kier alpha value is 0.687. The van der Waals surface area contributed by atoms with Crippen molar-refractivity contribution in [2.75, 3.05) is 0 Å². The summed E-state index contributed by atoms with van der Waals surface area (Å²) in [5.41, 5.74) is 0. The van der Waals surface area contributed by atoms with Crippen molar-refractivity contribution >= 4 is 31.2 Å². The second-order valence-electron chi connectivity index (χ2n) is 1.24. The topological polar surface area (TPSA) is 274 Å². The van der Waals surface area contributed by atoms with Gasteiger partial charge >= 0.3 is 36.0 Å². The van der Waals surface area contributed by atoms with E-state index in [4.69, 9.17) is 52.6 Å². The van der Waals surface area contributed by atoms with Crippen LogP contribution < -0.4 is 6.15 Å². The summed E-state index contributed by atoms with van der Waals surface area (Å²) < 4.78 is 101. The molecule has 0 rings (SSSR count). The number of hydrogen-bond donors (Lipinski definition) is 2. The average molecular weight is 431 g/mol. The Morgan fingerprint density at radius 3 is 0.667 bits per heavy atom. The monoisotopic (exact) mass is 429 g/mol. The van der Waals surface area contributed by atoms with Crippen LogP contribution in [0.1, 0.15) is 0 Å². The van der Waals surface area contributed by atoms with Crippen molar-refractivity contribution in [2.45, 2.75) is 0 Å². The van der Waals surface area contributed by atoms with Gasteiger partial charge in [0, 0.05) is 20.8 Å². The van der Waals surface area contributed by atoms with Gasteiger partial charge in [-0.25, -0.2) is 8.42 Å². The summed E-state index contributed by atoms with van der Waals surface area (Å²) >= 11 is 0. The van der Waals surface area contributed by atoms with Crippen LogP contribution in [0.5, 0.6) is 0 Å². The maximum Gasteiger partial charge on any atom is 2.00 e. The number of rotatable bonds is 0. The van der Waals surface area contributed by atoms with Crippen LogP contribution in [0.25, 0.3) is 0 Å². The van der Waals surface area contributed by atoms with Gasteiger partial charge < -0.3 is 28.9 Å². The largest absolute Gasteiger partial charge is 2.00 e. The van der Waals surface area contributed by atoms with Gasteiger partial charge in [-0.1, -0.05) is 0 Å². The van der Waals surface area contributed by atoms with E-state index in [0.717, 1.165) is 0 Å². The molecule has 13 nitrogen and oxygen atoms in total. The molecular formula is H5NNiO12S3Zn. The molecule has 0 bridgehead atoms. The first-order valence-corrected chi connectivity index (χ1v) is 6.05. The standard InChI is InChI=1S/H3N.Ni.3H2O4S.Zn/c;;3*1-5(2,3)4;/h1H3;;3*(H2,1,2,3,4);/q;+2;;;;+2/p-4. The normalized spacial score (nSPS) is 9.67. The van der Waals surface area contributed by atoms with E-state index in [2.05, 4.69) is 0 Å². The molecule has 0 atom stereocenters. The second kappa shape index (κ2) is 14.1. The zero-order valence-electron chi connectivity index (χ0n) is 8.19. The van der Waals surface area contributed by atoms with Crippen LogP contribution in [0.2, 0.25) is 0 Å². The van der Waals surface area contributed by atoms with E-state index >= 15 is 0 Å². The molecule has 0 aromatic carbocycles. The first kappa shape index (κ1) is 36.3. The van der Waals surface area contributed by atoms with Crippen molar-refractivity contribution in [3.63, 3.8) is 0 Å². The van der Waals surface area contributed by atoms with Gasteiger partial charge in [0.25, 0.3) is 0 Å². The van der Waals surface area contributed by atoms with Crippen molar-refractivity contribution in [2.24, 2.45) is 0 Å². The Morgan fingerprint density at radius 1 is 0.667 bits per heavy atom. The average Bonchev–Trinajstić information content (AvgIpc) is 1.41. The minimum absolute atomic E-state index is 0. The van der Waals surface area contributed by atoms with Crippen LogP contribution in [-0.2, 0) is 67.2 Å². The fraction of sp³-hybridized carbons (Fsp3) is 0. The van der Waals surface area contributed by atoms with Gasteiger partial charge in [-0.2, -0.15) is 0 Å². The Balaban J connectivity index is -0.0000000277. The van der Waals surface area contributed by atoms with Crippen molar-refractivity contribution in [1.82, 2.24) is 6.15 Å². The third-order valence-corrected chi connectivity index (χ3v) is 0. The Labute approximate surface area is 125 Å². The van der Waals surface area contributed by atoms with Gasteiger partial charge in [-0.15, -0.1) is 0 Å². The van der Waals surface area contributed by atoms with E-state index in [1.54, 1.807) is 0 Å². The quantitative estimate of drug-likeness (QED) is 0.217. The van der Waals surface area contributed by atoms with Crippen LogP contribution in [0, 0.1) is 0 Å². The second-order valence-corrected chi connectivity index (χ2v) is 3.73. The summed E-state index contributed by atoms with van der Waals surface area (Å²) in [5.74, 6) is 0. The zero-order valence-corrected chi connectivity index (χ0v) is 14.6. The predicted molar refractivity (Wildman–Crippen MR) is 39.3 cm³/mol. The Bertz CT molecular complexity index is 348. The first-order valence-electron chi connectivity index (χ1n) is 2.02. The van der Waals surface area contributed by atoms with E-state index in [9.17, 15) is 0 Å². The fourth-order valence-corrected chi connectivity index (χ4v) is 0. The van der Waals surface area contributed by atoms with Gasteiger partial charge in [0.05, 0.1) is 0 Å². The molecule has 0 saturated carbocycles. The summed E-state index contributed by atoms with van der Waals surface area (Å²) in [5, 5.41) is 0. The summed E-state index contributed by atoms with van der Waals surface area (Å²) in [6.45, 7) is 0. The summed E-state index contributed by atoms with van der Waals surface area (Å²) in [4.78, 5) is 0. The molecule has 18 heteroatoms. The van der Waals surface area contributed by atoms with Gasteiger partial charge in [0.15, 0.2) is 0 Å². The smallest absolute Gasteiger partial charge is 0.759 e. The molecule has 18 heavy (non-hydrogen) atoms. The van der Waals surface area contributed by atoms with Gasteiger partial charge in [-0.05, 0) is 0 Å². The van der Waals surface area contributed by atoms with Crippen molar-refractivity contribution in [3.05, 3.63) is 0 Å². The molecule has 0 fully saturated rings. The molecular weight excluding hydrogens is 426 g/mol. The molecule has 0 aromatic rings. The molecule has 0 radical (unpaired) electrons. The van der Waals surface area contributed by atoms with E-state index in [0.29, 0.717) is 0 Å². The van der Waals surface area contributed by atoms with Crippen molar-refractivity contribution in [1.29, 1.82) is 0 Å². The third-order valence-electron chi connectivity index (χ3n) is 0. The summed E-state index contributed by atoms with van der Waals surface area (Å²) in [6.07, 6.45) is 0. The van der Waals surface area contributed by atoms with Gasteiger partial charge in [0.2, 0.25) is 10.4 Å². The maximum absolute atomic E-state index is 8.63. The van der Waals surface area contributed by atoms with Crippen LogP contribution in [0.3, 0.4) is 0 Å². The number of hydrogen-bond acceptors (Lipinski definition) is 11. The Kier molecular flexibility index (Phi) is 28.5. The van der Waals surface area contributed by atoms with Crippen LogP contribution in [0.4, 0.5) is 0 Å². The van der Waals surface area contributed by atoms with Crippen LogP contribution in [-0.4, -0.2) is 52.6 Å². The zero-order chi connectivity index (χ0) is 13.5. The Morgan fingerprint density at radius 2 is 0.667 bits per heavy atom. The maximum atomic E-state index is 8.63. The SMILES string of the molecule is O=S(=O)([O-])O.O=S(=O)([O-])[O-].O=S(=O)([O-])[O-].[NH4+].[Ni+2].[Zn+2]. The predicted octanol–water partition coefficient (Wildman–Crippen LogP) is -3.30. The third kappa shape index (κ3) is 8700. The molecule has 112 valence electrons. The van der Waals surface area contributed by atoms with Crippen LogP contribution in [0.15, 0.2) is 0 Å². The molecule has 0 aliphatic heterocycles. The van der Waals surface area contributed by atoms with E-state index in [-0.39, 0.29) is 42.1 Å². The van der Waals surface area contributed by atoms with E-state index < -0.39 is 31.2 Å². The molecule has 0 aliphatic carbocycles. The molecule has 0 unspecified atom stereocenters. The van der Waals surface area contributed by atoms with Gasteiger partial charge in [-0.3, -0.25) is 21.4 Å². The summed E-state index contributed by atoms with van der Waals surface area (Å²) in [7, 11) is -15.2. The molecule has 0 spiro atoms. The minimum Gasteiger partial charge on any atom is -0.759 e. The van der Waals surface area contributed by atoms with E-state index in [1.807, 2.05) is 0 Å². The first-order chi connectivity index (χ1) is 6.00. The van der Waals surface area contributed by atoms with Crippen molar-refractivity contribution in [3.8, 4) is 0 Å². The minimum atomic E-state index is -5.17. The molecule has 0 saturated heterocycles. The molecule has 5 N–H and O–H groups in total.